The number of carbonyl (C=O) groups excluding carboxylic acids is 1. The Morgan fingerprint density at radius 3 is 2.38 bits per heavy atom. The highest BCUT2D eigenvalue weighted by atomic mass is 127. The van der Waals surface area contributed by atoms with Crippen LogP contribution in [0.2, 0.25) is 0 Å². The second kappa shape index (κ2) is 9.63. The molecular formula is C20H31IN4O3S. The first-order chi connectivity index (χ1) is 13.2. The van der Waals surface area contributed by atoms with Gasteiger partial charge in [-0.15, -0.1) is 24.0 Å². The lowest BCUT2D eigenvalue weighted by Crippen LogP contribution is -2.57. The number of benzene rings is 1. The van der Waals surface area contributed by atoms with Crippen LogP contribution in [0.15, 0.2) is 29.3 Å². The molecule has 7 nitrogen and oxygen atoms in total. The Kier molecular flexibility index (Phi) is 7.94. The third-order valence-corrected chi connectivity index (χ3v) is 8.11. The zero-order valence-corrected chi connectivity index (χ0v) is 20.5. The van der Waals surface area contributed by atoms with Crippen LogP contribution < -0.4 is 5.32 Å². The molecule has 162 valence electrons. The molecule has 0 unspecified atom stereocenters. The summed E-state index contributed by atoms with van der Waals surface area (Å²) in [7, 11) is -1.36. The van der Waals surface area contributed by atoms with Gasteiger partial charge in [0.15, 0.2) is 15.8 Å². The first-order valence-electron chi connectivity index (χ1n) is 9.75. The molecular weight excluding hydrogens is 503 g/mol. The summed E-state index contributed by atoms with van der Waals surface area (Å²) in [6.45, 7) is 6.55. The van der Waals surface area contributed by atoms with Crippen molar-refractivity contribution < 1.29 is 13.2 Å². The first kappa shape index (κ1) is 23.9. The largest absolute Gasteiger partial charge is 0.352 e. The molecule has 2 saturated heterocycles. The molecule has 0 aromatic heterocycles. The molecule has 9 heteroatoms. The molecule has 1 amide bonds. The lowest BCUT2D eigenvalue weighted by molar-refractivity contribution is -0.128. The molecule has 29 heavy (non-hydrogen) atoms. The zero-order valence-electron chi connectivity index (χ0n) is 17.3. The van der Waals surface area contributed by atoms with E-state index >= 15 is 0 Å². The number of amides is 1. The number of nitrogens with one attached hydrogen (secondary N) is 1. The lowest BCUT2D eigenvalue weighted by Gasteiger charge is -2.39. The van der Waals surface area contributed by atoms with E-state index in [1.54, 1.807) is 20.9 Å². The van der Waals surface area contributed by atoms with E-state index in [0.29, 0.717) is 32.6 Å². The van der Waals surface area contributed by atoms with Gasteiger partial charge < -0.3 is 15.1 Å². The Hall–Kier alpha value is -1.36. The second-order valence-corrected chi connectivity index (χ2v) is 10.9. The summed E-state index contributed by atoms with van der Waals surface area (Å²) in [6.07, 6.45) is 1.62. The van der Waals surface area contributed by atoms with E-state index in [2.05, 4.69) is 34.6 Å². The number of likely N-dealkylation sites (tertiary alicyclic amines) is 1. The van der Waals surface area contributed by atoms with Crippen LogP contribution in [0.25, 0.3) is 0 Å². The molecule has 1 aromatic rings. The molecule has 0 atom stereocenters. The summed E-state index contributed by atoms with van der Waals surface area (Å²) in [5.74, 6) is 1.10. The summed E-state index contributed by atoms with van der Waals surface area (Å²) in [5, 5.41) is 3.34. The Balaban J connectivity index is 0.00000300. The van der Waals surface area contributed by atoms with Crippen LogP contribution in [0.4, 0.5) is 0 Å². The van der Waals surface area contributed by atoms with Crippen LogP contribution in [0.1, 0.15) is 37.8 Å². The Labute approximate surface area is 190 Å². The molecule has 0 saturated carbocycles. The molecule has 1 aromatic carbocycles. The first-order valence-corrected chi connectivity index (χ1v) is 11.4. The Morgan fingerprint density at radius 2 is 1.83 bits per heavy atom. The van der Waals surface area contributed by atoms with Crippen LogP contribution in [0, 0.1) is 0 Å². The van der Waals surface area contributed by atoms with Crippen molar-refractivity contribution in [2.24, 2.45) is 4.99 Å². The van der Waals surface area contributed by atoms with E-state index in [4.69, 9.17) is 0 Å². The van der Waals surface area contributed by atoms with Gasteiger partial charge in [0.2, 0.25) is 5.91 Å². The van der Waals surface area contributed by atoms with Gasteiger partial charge in [-0.25, -0.2) is 8.42 Å². The van der Waals surface area contributed by atoms with Gasteiger partial charge in [0.1, 0.15) is 0 Å². The van der Waals surface area contributed by atoms with Crippen molar-refractivity contribution in [1.29, 1.82) is 0 Å². The van der Waals surface area contributed by atoms with Gasteiger partial charge in [-0.1, -0.05) is 24.3 Å². The van der Waals surface area contributed by atoms with Crippen molar-refractivity contribution in [3.8, 4) is 0 Å². The van der Waals surface area contributed by atoms with Gasteiger partial charge in [-0.3, -0.25) is 9.79 Å². The van der Waals surface area contributed by atoms with Gasteiger partial charge in [-0.2, -0.15) is 0 Å². The maximum absolute atomic E-state index is 12.2. The highest BCUT2D eigenvalue weighted by Crippen LogP contribution is 2.23. The summed E-state index contributed by atoms with van der Waals surface area (Å²) >= 11 is 0. The summed E-state index contributed by atoms with van der Waals surface area (Å²) in [5.41, 5.74) is 2.24. The van der Waals surface area contributed by atoms with E-state index in [9.17, 15) is 13.2 Å². The van der Waals surface area contributed by atoms with E-state index in [-0.39, 0.29) is 35.6 Å². The fraction of sp³-hybridized carbons (Fsp3) is 0.600. The van der Waals surface area contributed by atoms with Crippen LogP contribution in [-0.2, 0) is 27.7 Å². The maximum Gasteiger partial charge on any atom is 0.222 e. The fourth-order valence-electron chi connectivity index (χ4n) is 3.69. The number of halogens is 1. The number of hydrogen-bond donors (Lipinski definition) is 1. The maximum atomic E-state index is 12.2. The highest BCUT2D eigenvalue weighted by molar-refractivity contribution is 14.0. The molecule has 0 radical (unpaired) electrons. The molecule has 0 bridgehead atoms. The van der Waals surface area contributed by atoms with Gasteiger partial charge in [-0.05, 0) is 31.4 Å². The smallest absolute Gasteiger partial charge is 0.222 e. The number of sulfone groups is 1. The average Bonchev–Trinajstić information content (AvgIpc) is 3.04. The molecule has 3 rings (SSSR count). The predicted molar refractivity (Wildman–Crippen MR) is 126 cm³/mol. The summed E-state index contributed by atoms with van der Waals surface area (Å²) in [4.78, 5) is 20.0. The molecule has 2 fully saturated rings. The minimum Gasteiger partial charge on any atom is -0.352 e. The molecule has 0 aliphatic carbocycles. The molecule has 1 N–H and O–H groups in total. The van der Waals surface area contributed by atoms with E-state index < -0.39 is 14.6 Å². The number of rotatable bonds is 4. The number of hydrogen-bond acceptors (Lipinski definition) is 4. The topological polar surface area (TPSA) is 82.1 Å². The van der Waals surface area contributed by atoms with Crippen LogP contribution in [-0.4, -0.2) is 67.3 Å². The number of aliphatic imine (C=N–C) groups is 1. The zero-order chi connectivity index (χ0) is 20.4. The van der Waals surface area contributed by atoms with Crippen molar-refractivity contribution in [1.82, 2.24) is 15.1 Å². The van der Waals surface area contributed by atoms with Gasteiger partial charge in [0.25, 0.3) is 0 Å². The van der Waals surface area contributed by atoms with Crippen molar-refractivity contribution in [3.05, 3.63) is 35.4 Å². The van der Waals surface area contributed by atoms with Crippen molar-refractivity contribution in [2.45, 2.75) is 44.5 Å². The second-order valence-electron chi connectivity index (χ2n) is 8.14. The fourth-order valence-corrected chi connectivity index (χ4v) is 5.06. The van der Waals surface area contributed by atoms with Crippen LogP contribution >= 0.6 is 24.0 Å². The molecule has 0 spiro atoms. The minimum absolute atomic E-state index is 0. The van der Waals surface area contributed by atoms with E-state index in [1.165, 1.54) is 0 Å². The van der Waals surface area contributed by atoms with E-state index in [1.807, 2.05) is 9.80 Å². The molecule has 2 heterocycles. The van der Waals surface area contributed by atoms with Crippen molar-refractivity contribution in [3.63, 3.8) is 0 Å². The lowest BCUT2D eigenvalue weighted by atomic mass is 10.1. The number of guanidine groups is 1. The van der Waals surface area contributed by atoms with Crippen molar-refractivity contribution in [2.75, 3.05) is 32.4 Å². The van der Waals surface area contributed by atoms with Crippen LogP contribution in [0.3, 0.4) is 0 Å². The average molecular weight is 534 g/mol. The third kappa shape index (κ3) is 5.62. The van der Waals surface area contributed by atoms with Gasteiger partial charge >= 0.3 is 0 Å². The Morgan fingerprint density at radius 1 is 1.17 bits per heavy atom. The summed E-state index contributed by atoms with van der Waals surface area (Å²) in [6, 6.07) is 8.23. The third-order valence-electron chi connectivity index (χ3n) is 5.57. The quantitative estimate of drug-likeness (QED) is 0.363. The molecule has 2 aliphatic heterocycles. The monoisotopic (exact) mass is 534 g/mol. The SMILES string of the molecule is CN=C(NCc1ccc(CN2CCCC2=O)cc1)N1CCS(=O)(=O)C(C)(C)C1.I. The number of carbonyl (C=O) groups is 1. The Bertz CT molecular complexity index is 853. The summed E-state index contributed by atoms with van der Waals surface area (Å²) < 4.78 is 23.6. The van der Waals surface area contributed by atoms with Crippen LogP contribution in [0.5, 0.6) is 0 Å². The normalized spacial score (nSPS) is 21.1. The number of nitrogens with zero attached hydrogens (tertiary/aromatic N) is 3. The molecule has 2 aliphatic rings. The standard InChI is InChI=1S/C20H30N4O3S.HI/c1-20(2)15-24(11-12-28(20,26)27)19(21-3)22-13-16-6-8-17(9-7-16)14-23-10-4-5-18(23)25;/h6-9H,4-5,10-15H2,1-3H3,(H,21,22);1H. The van der Waals surface area contributed by atoms with Gasteiger partial charge in [0.05, 0.1) is 10.5 Å². The minimum atomic E-state index is -3.07. The van der Waals surface area contributed by atoms with Crippen molar-refractivity contribution >= 4 is 45.7 Å². The predicted octanol–water partition coefficient (Wildman–Crippen LogP) is 2.01. The van der Waals surface area contributed by atoms with E-state index in [0.717, 1.165) is 30.1 Å². The van der Waals surface area contributed by atoms with Gasteiger partial charge in [0, 0.05) is 46.2 Å². The highest BCUT2D eigenvalue weighted by Gasteiger charge is 2.40.